The molecule has 0 fully saturated rings. The Bertz CT molecular complexity index is 842. The topological polar surface area (TPSA) is 55.8 Å². The summed E-state index contributed by atoms with van der Waals surface area (Å²) in [7, 11) is 1.58. The van der Waals surface area contributed by atoms with Crippen LogP contribution in [0.15, 0.2) is 36.4 Å². The van der Waals surface area contributed by atoms with Crippen LogP contribution in [0.25, 0.3) is 0 Å². The van der Waals surface area contributed by atoms with Crippen LogP contribution in [0, 0.1) is 6.92 Å². The minimum absolute atomic E-state index is 0.0349. The molecule has 0 unspecified atom stereocenters. The Kier molecular flexibility index (Phi) is 4.49. The molecule has 0 saturated carbocycles. The highest BCUT2D eigenvalue weighted by Gasteiger charge is 2.35. The molecule has 25 heavy (non-hydrogen) atoms. The third-order valence-electron chi connectivity index (χ3n) is 4.06. The maximum absolute atomic E-state index is 12.4. The summed E-state index contributed by atoms with van der Waals surface area (Å²) in [6.45, 7) is 6.10. The number of amides is 1. The highest BCUT2D eigenvalue weighted by Crippen LogP contribution is 2.33. The molecule has 1 amide bonds. The zero-order valence-corrected chi connectivity index (χ0v) is 14.8. The van der Waals surface area contributed by atoms with Crippen LogP contribution in [0.1, 0.15) is 35.3 Å². The van der Waals surface area contributed by atoms with E-state index in [4.69, 9.17) is 9.47 Å². The Hall–Kier alpha value is -2.82. The van der Waals surface area contributed by atoms with Crippen molar-refractivity contribution in [1.29, 1.82) is 0 Å². The Labute approximate surface area is 147 Å². The summed E-state index contributed by atoms with van der Waals surface area (Å²) in [5, 5.41) is 0. The predicted molar refractivity (Wildman–Crippen MR) is 95.5 cm³/mol. The fraction of sp³-hybridized carbons (Fsp3) is 0.300. The Morgan fingerprint density at radius 1 is 1.04 bits per heavy atom. The number of carbonyl (C=O) groups excluding carboxylic acids is 2. The molecular formula is C20H21NO4. The van der Waals surface area contributed by atoms with Crippen LogP contribution >= 0.6 is 0 Å². The van der Waals surface area contributed by atoms with E-state index in [1.165, 1.54) is 4.90 Å². The second kappa shape index (κ2) is 6.59. The van der Waals surface area contributed by atoms with Gasteiger partial charge in [0.05, 0.1) is 31.0 Å². The number of hydrogen-bond acceptors (Lipinski definition) is 4. The average molecular weight is 339 g/mol. The van der Waals surface area contributed by atoms with E-state index in [1.54, 1.807) is 13.2 Å². The Morgan fingerprint density at radius 2 is 1.80 bits per heavy atom. The summed E-state index contributed by atoms with van der Waals surface area (Å²) in [5.41, 5.74) is 2.94. The Morgan fingerprint density at radius 3 is 2.48 bits per heavy atom. The van der Waals surface area contributed by atoms with Gasteiger partial charge in [0.1, 0.15) is 0 Å². The molecule has 0 saturated heterocycles. The number of methoxy groups -OCH3 is 1. The maximum atomic E-state index is 12.4. The molecule has 2 aromatic carbocycles. The normalized spacial score (nSPS) is 13.4. The minimum Gasteiger partial charge on any atom is -0.493 e. The van der Waals surface area contributed by atoms with Gasteiger partial charge in [-0.25, -0.2) is 0 Å². The quantitative estimate of drug-likeness (QED) is 0.782. The van der Waals surface area contributed by atoms with Gasteiger partial charge < -0.3 is 14.4 Å². The number of Topliss-reactive ketones (excluding diaryl/α,β-unsaturated/α-hetero) is 1. The SMILES string of the molecule is COc1cc(CN2C(=O)C(=O)c3cc(C)ccc32)ccc1OC(C)C. The van der Waals surface area contributed by atoms with E-state index in [9.17, 15) is 9.59 Å². The zero-order valence-electron chi connectivity index (χ0n) is 14.8. The van der Waals surface area contributed by atoms with Crippen LogP contribution in [0.2, 0.25) is 0 Å². The number of hydrogen-bond donors (Lipinski definition) is 0. The first-order chi connectivity index (χ1) is 11.9. The van der Waals surface area contributed by atoms with E-state index in [2.05, 4.69) is 0 Å². The first-order valence-electron chi connectivity index (χ1n) is 8.21. The van der Waals surface area contributed by atoms with Crippen molar-refractivity contribution in [2.45, 2.75) is 33.4 Å². The molecule has 2 aromatic rings. The number of benzene rings is 2. The fourth-order valence-electron chi connectivity index (χ4n) is 2.92. The molecule has 0 aromatic heterocycles. The molecule has 3 rings (SSSR count). The number of nitrogens with zero attached hydrogens (tertiary/aromatic N) is 1. The molecular weight excluding hydrogens is 318 g/mol. The third-order valence-corrected chi connectivity index (χ3v) is 4.06. The molecule has 5 nitrogen and oxygen atoms in total. The van der Waals surface area contributed by atoms with Gasteiger partial charge in [0.15, 0.2) is 11.5 Å². The van der Waals surface area contributed by atoms with E-state index in [0.29, 0.717) is 29.3 Å². The second-order valence-corrected chi connectivity index (χ2v) is 6.39. The monoisotopic (exact) mass is 339 g/mol. The highest BCUT2D eigenvalue weighted by molar-refractivity contribution is 6.52. The van der Waals surface area contributed by atoms with Gasteiger partial charge in [-0.3, -0.25) is 9.59 Å². The highest BCUT2D eigenvalue weighted by atomic mass is 16.5. The summed E-state index contributed by atoms with van der Waals surface area (Å²) in [6.07, 6.45) is 0.0349. The van der Waals surface area contributed by atoms with Crippen LogP contribution in [-0.4, -0.2) is 24.9 Å². The molecule has 1 aliphatic rings. The number of ketones is 1. The van der Waals surface area contributed by atoms with Gasteiger partial charge in [0.25, 0.3) is 11.7 Å². The molecule has 130 valence electrons. The van der Waals surface area contributed by atoms with Crippen molar-refractivity contribution in [3.8, 4) is 11.5 Å². The Balaban J connectivity index is 1.90. The van der Waals surface area contributed by atoms with Gasteiger partial charge in [-0.1, -0.05) is 17.7 Å². The number of rotatable bonds is 5. The lowest BCUT2D eigenvalue weighted by atomic mass is 10.1. The van der Waals surface area contributed by atoms with Crippen molar-refractivity contribution in [2.75, 3.05) is 12.0 Å². The molecule has 1 aliphatic heterocycles. The van der Waals surface area contributed by atoms with Gasteiger partial charge in [-0.15, -0.1) is 0 Å². The summed E-state index contributed by atoms with van der Waals surface area (Å²) in [5.74, 6) is 0.307. The van der Waals surface area contributed by atoms with Crippen molar-refractivity contribution in [2.24, 2.45) is 0 Å². The fourth-order valence-corrected chi connectivity index (χ4v) is 2.92. The molecule has 0 N–H and O–H groups in total. The van der Waals surface area contributed by atoms with Crippen LogP contribution in [0.4, 0.5) is 5.69 Å². The number of anilines is 1. The van der Waals surface area contributed by atoms with Gasteiger partial charge in [-0.05, 0) is 50.6 Å². The first-order valence-corrected chi connectivity index (χ1v) is 8.21. The van der Waals surface area contributed by atoms with Gasteiger partial charge in [-0.2, -0.15) is 0 Å². The summed E-state index contributed by atoms with van der Waals surface area (Å²) >= 11 is 0. The van der Waals surface area contributed by atoms with E-state index < -0.39 is 11.7 Å². The molecule has 0 aliphatic carbocycles. The number of carbonyl (C=O) groups is 2. The van der Waals surface area contributed by atoms with E-state index in [-0.39, 0.29) is 6.10 Å². The molecule has 5 heteroatoms. The van der Waals surface area contributed by atoms with Crippen molar-refractivity contribution in [3.63, 3.8) is 0 Å². The third kappa shape index (κ3) is 3.22. The first kappa shape index (κ1) is 17.0. The van der Waals surface area contributed by atoms with E-state index in [0.717, 1.165) is 11.1 Å². The van der Waals surface area contributed by atoms with Crippen molar-refractivity contribution in [1.82, 2.24) is 0 Å². The zero-order chi connectivity index (χ0) is 18.1. The van der Waals surface area contributed by atoms with Crippen molar-refractivity contribution < 1.29 is 19.1 Å². The van der Waals surface area contributed by atoms with Crippen LogP contribution in [0.3, 0.4) is 0 Å². The maximum Gasteiger partial charge on any atom is 0.299 e. The lowest BCUT2D eigenvalue weighted by Crippen LogP contribution is -2.29. The summed E-state index contributed by atoms with van der Waals surface area (Å²) in [4.78, 5) is 26.1. The minimum atomic E-state index is -0.498. The predicted octanol–water partition coefficient (Wildman–Crippen LogP) is 3.52. The van der Waals surface area contributed by atoms with Crippen LogP contribution < -0.4 is 14.4 Å². The number of ether oxygens (including phenoxy) is 2. The van der Waals surface area contributed by atoms with Gasteiger partial charge in [0.2, 0.25) is 0 Å². The summed E-state index contributed by atoms with van der Waals surface area (Å²) in [6, 6.07) is 11.0. The molecule has 0 atom stereocenters. The van der Waals surface area contributed by atoms with Gasteiger partial charge >= 0.3 is 0 Å². The molecule has 0 spiro atoms. The summed E-state index contributed by atoms with van der Waals surface area (Å²) < 4.78 is 11.1. The van der Waals surface area contributed by atoms with E-state index in [1.807, 2.05) is 51.1 Å². The second-order valence-electron chi connectivity index (χ2n) is 6.39. The van der Waals surface area contributed by atoms with Gasteiger partial charge in [0, 0.05) is 0 Å². The largest absolute Gasteiger partial charge is 0.493 e. The van der Waals surface area contributed by atoms with Crippen molar-refractivity contribution in [3.05, 3.63) is 53.1 Å². The molecule has 0 bridgehead atoms. The van der Waals surface area contributed by atoms with E-state index >= 15 is 0 Å². The molecule has 1 heterocycles. The van der Waals surface area contributed by atoms with Crippen molar-refractivity contribution >= 4 is 17.4 Å². The lowest BCUT2D eigenvalue weighted by molar-refractivity contribution is -0.114. The standard InChI is InChI=1S/C20H21NO4/c1-12(2)25-17-8-6-14(10-18(17)24-4)11-21-16-7-5-13(3)9-15(16)19(22)20(21)23/h5-10,12H,11H2,1-4H3. The molecule has 0 radical (unpaired) electrons. The average Bonchev–Trinajstić information content (AvgIpc) is 2.80. The number of fused-ring (bicyclic) bond motifs is 1. The smallest absolute Gasteiger partial charge is 0.299 e. The lowest BCUT2D eigenvalue weighted by Gasteiger charge is -2.19. The number of aryl methyl sites for hydroxylation is 1. The van der Waals surface area contributed by atoms with Crippen LogP contribution in [-0.2, 0) is 11.3 Å². The van der Waals surface area contributed by atoms with Crippen LogP contribution in [0.5, 0.6) is 11.5 Å².